The summed E-state index contributed by atoms with van der Waals surface area (Å²) in [5.41, 5.74) is 1.92. The summed E-state index contributed by atoms with van der Waals surface area (Å²) in [7, 11) is -3.41. The highest BCUT2D eigenvalue weighted by Gasteiger charge is 2.41. The minimum atomic E-state index is -3.41. The van der Waals surface area contributed by atoms with Crippen molar-refractivity contribution in [3.8, 4) is 0 Å². The predicted octanol–water partition coefficient (Wildman–Crippen LogP) is 4.98. The van der Waals surface area contributed by atoms with Gasteiger partial charge in [0.1, 0.15) is 4.49 Å². The summed E-state index contributed by atoms with van der Waals surface area (Å²) in [6, 6.07) is 16.4. The molecule has 0 bridgehead atoms. The van der Waals surface area contributed by atoms with Gasteiger partial charge in [0.15, 0.2) is 5.44 Å². The maximum atomic E-state index is 13.3. The molecule has 1 aliphatic heterocycles. The Morgan fingerprint density at radius 1 is 1.05 bits per heavy atom. The fourth-order valence-corrected chi connectivity index (χ4v) is 4.70. The van der Waals surface area contributed by atoms with Crippen molar-refractivity contribution in [2.24, 2.45) is 4.99 Å². The van der Waals surface area contributed by atoms with E-state index in [0.717, 1.165) is 11.1 Å². The van der Waals surface area contributed by atoms with Gasteiger partial charge in [-0.1, -0.05) is 59.1 Å². The standard InChI is InChI=1S/C16H12Cl2NO2P/c1-11-7-9-12(10-8-11)15-19-16(14(17)18)22(20,21-15)13-5-3-2-4-6-13/h2-10H,1H3/t22-/m1/s1. The van der Waals surface area contributed by atoms with Crippen LogP contribution in [0, 0.1) is 6.92 Å². The molecular weight excluding hydrogens is 340 g/mol. The van der Waals surface area contributed by atoms with E-state index in [-0.39, 0.29) is 15.8 Å². The molecule has 3 nitrogen and oxygen atoms in total. The number of aryl methyl sites for hydroxylation is 1. The highest BCUT2D eigenvalue weighted by molar-refractivity contribution is 7.72. The molecule has 0 saturated heterocycles. The fourth-order valence-electron chi connectivity index (χ4n) is 2.11. The lowest BCUT2D eigenvalue weighted by Crippen LogP contribution is -2.07. The van der Waals surface area contributed by atoms with Crippen LogP contribution in [0.1, 0.15) is 11.1 Å². The first-order chi connectivity index (χ1) is 10.5. The zero-order chi connectivity index (χ0) is 15.7. The van der Waals surface area contributed by atoms with Crippen molar-refractivity contribution in [2.45, 2.75) is 6.92 Å². The second-order valence-electron chi connectivity index (χ2n) is 4.85. The Balaban J connectivity index is 2.08. The predicted molar refractivity (Wildman–Crippen MR) is 91.2 cm³/mol. The normalized spacial score (nSPS) is 20.5. The number of aliphatic imine (C=N–C) groups is 1. The largest absolute Gasteiger partial charge is 0.417 e. The van der Waals surface area contributed by atoms with E-state index in [9.17, 15) is 4.57 Å². The fraction of sp³-hybridized carbons (Fsp3) is 0.0625. The molecule has 0 N–H and O–H groups in total. The molecule has 22 heavy (non-hydrogen) atoms. The molecule has 0 radical (unpaired) electrons. The smallest absolute Gasteiger partial charge is 0.328 e. The number of nitrogens with zero attached hydrogens (tertiary/aromatic N) is 1. The summed E-state index contributed by atoms with van der Waals surface area (Å²) in [5, 5.41) is 0.509. The van der Waals surface area contributed by atoms with Crippen LogP contribution in [0.3, 0.4) is 0 Å². The van der Waals surface area contributed by atoms with E-state index in [1.807, 2.05) is 37.3 Å². The van der Waals surface area contributed by atoms with Gasteiger partial charge >= 0.3 is 7.37 Å². The average molecular weight is 352 g/mol. The van der Waals surface area contributed by atoms with E-state index in [1.165, 1.54) is 0 Å². The number of halogens is 2. The van der Waals surface area contributed by atoms with E-state index in [2.05, 4.69) is 4.99 Å². The number of benzene rings is 2. The number of rotatable bonds is 2. The molecule has 3 rings (SSSR count). The van der Waals surface area contributed by atoms with Crippen LogP contribution in [0.5, 0.6) is 0 Å². The van der Waals surface area contributed by atoms with Crippen molar-refractivity contribution in [1.29, 1.82) is 0 Å². The summed E-state index contributed by atoms with van der Waals surface area (Å²) in [4.78, 5) is 4.26. The average Bonchev–Trinajstić information content (AvgIpc) is 2.88. The number of hydrogen-bond donors (Lipinski definition) is 0. The van der Waals surface area contributed by atoms with Gasteiger partial charge in [0.2, 0.25) is 5.90 Å². The van der Waals surface area contributed by atoms with Crippen LogP contribution in [0.2, 0.25) is 0 Å². The SMILES string of the molecule is Cc1ccc(C2=NC(=C(Cl)Cl)[P@@](=O)(c3ccccc3)O2)cc1. The monoisotopic (exact) mass is 351 g/mol. The maximum Gasteiger partial charge on any atom is 0.328 e. The molecule has 0 spiro atoms. The van der Waals surface area contributed by atoms with Gasteiger partial charge < -0.3 is 4.52 Å². The molecule has 2 aromatic rings. The molecule has 0 amide bonds. The zero-order valence-corrected chi connectivity index (χ0v) is 14.1. The van der Waals surface area contributed by atoms with E-state index in [1.54, 1.807) is 24.3 Å². The second-order valence-corrected chi connectivity index (χ2v) is 8.02. The molecule has 6 heteroatoms. The minimum absolute atomic E-state index is 0.0811. The van der Waals surface area contributed by atoms with Crippen molar-refractivity contribution in [1.82, 2.24) is 0 Å². The topological polar surface area (TPSA) is 38.7 Å². The van der Waals surface area contributed by atoms with Gasteiger partial charge in [0.05, 0.1) is 5.30 Å². The minimum Gasteiger partial charge on any atom is -0.417 e. The number of hydrogen-bond acceptors (Lipinski definition) is 3. The summed E-state index contributed by atoms with van der Waals surface area (Å²) < 4.78 is 18.8. The van der Waals surface area contributed by atoms with Crippen molar-refractivity contribution in [2.75, 3.05) is 0 Å². The molecule has 0 saturated carbocycles. The highest BCUT2D eigenvalue weighted by atomic mass is 35.5. The highest BCUT2D eigenvalue weighted by Crippen LogP contribution is 2.61. The molecule has 112 valence electrons. The molecular formula is C16H12Cl2NO2P. The van der Waals surface area contributed by atoms with E-state index < -0.39 is 7.37 Å². The Labute approximate surface area is 138 Å². The van der Waals surface area contributed by atoms with Crippen LogP contribution < -0.4 is 5.30 Å². The molecule has 0 unspecified atom stereocenters. The Morgan fingerprint density at radius 3 is 2.27 bits per heavy atom. The van der Waals surface area contributed by atoms with Crippen molar-refractivity contribution in [3.05, 3.63) is 75.7 Å². The molecule has 2 aromatic carbocycles. The Kier molecular flexibility index (Phi) is 4.14. The molecule has 0 aromatic heterocycles. The van der Waals surface area contributed by atoms with Gasteiger partial charge in [-0.15, -0.1) is 0 Å². The summed E-state index contributed by atoms with van der Waals surface area (Å²) in [6.07, 6.45) is 0. The zero-order valence-electron chi connectivity index (χ0n) is 11.7. The first kappa shape index (κ1) is 15.4. The van der Waals surface area contributed by atoms with Gasteiger partial charge in [-0.2, -0.15) is 0 Å². The van der Waals surface area contributed by atoms with E-state index in [0.29, 0.717) is 5.30 Å². The van der Waals surface area contributed by atoms with Gasteiger partial charge in [0, 0.05) is 5.56 Å². The van der Waals surface area contributed by atoms with Crippen LogP contribution in [0.4, 0.5) is 0 Å². The summed E-state index contributed by atoms with van der Waals surface area (Å²) in [6.45, 7) is 1.98. The quantitative estimate of drug-likeness (QED) is 0.715. The Morgan fingerprint density at radius 2 is 1.68 bits per heavy atom. The van der Waals surface area contributed by atoms with Gasteiger partial charge in [-0.25, -0.2) is 4.99 Å². The van der Waals surface area contributed by atoms with Crippen LogP contribution in [-0.2, 0) is 9.09 Å². The lowest BCUT2D eigenvalue weighted by Gasteiger charge is -2.13. The third-order valence-corrected chi connectivity index (χ3v) is 6.18. The lowest BCUT2D eigenvalue weighted by atomic mass is 10.1. The molecule has 1 heterocycles. The third-order valence-electron chi connectivity index (χ3n) is 3.26. The van der Waals surface area contributed by atoms with Crippen molar-refractivity contribution < 1.29 is 9.09 Å². The van der Waals surface area contributed by atoms with Crippen LogP contribution >= 0.6 is 30.6 Å². The summed E-state index contributed by atoms with van der Waals surface area (Å²) in [5.74, 6) is 0.265. The Bertz CT molecular complexity index is 810. The van der Waals surface area contributed by atoms with Crippen molar-refractivity contribution >= 4 is 41.8 Å². The Hall–Kier alpha value is -1.54. The van der Waals surface area contributed by atoms with Gasteiger partial charge in [0.25, 0.3) is 0 Å². The van der Waals surface area contributed by atoms with Gasteiger partial charge in [-0.3, -0.25) is 4.57 Å². The van der Waals surface area contributed by atoms with Crippen molar-refractivity contribution in [3.63, 3.8) is 0 Å². The second kappa shape index (κ2) is 5.92. The first-order valence-corrected chi connectivity index (χ1v) is 8.95. The van der Waals surface area contributed by atoms with Crippen LogP contribution in [0.15, 0.2) is 69.5 Å². The van der Waals surface area contributed by atoms with Gasteiger partial charge in [-0.05, 0) is 31.2 Å². The third kappa shape index (κ3) is 2.72. The molecule has 0 aliphatic carbocycles. The van der Waals surface area contributed by atoms with Crippen LogP contribution in [0.25, 0.3) is 0 Å². The van der Waals surface area contributed by atoms with E-state index >= 15 is 0 Å². The summed E-state index contributed by atoms with van der Waals surface area (Å²) >= 11 is 11.8. The molecule has 1 atom stereocenters. The first-order valence-electron chi connectivity index (χ1n) is 6.57. The molecule has 0 fully saturated rings. The molecule has 1 aliphatic rings. The maximum absolute atomic E-state index is 13.3. The van der Waals surface area contributed by atoms with Crippen LogP contribution in [-0.4, -0.2) is 5.90 Å². The van der Waals surface area contributed by atoms with E-state index in [4.69, 9.17) is 27.7 Å². The lowest BCUT2D eigenvalue weighted by molar-refractivity contribution is 0.505.